The molecule has 1 saturated heterocycles. The number of carbonyl (C=O) groups excluding carboxylic acids is 1. The first-order chi connectivity index (χ1) is 11.1. The molecule has 0 aliphatic carbocycles. The number of piperidine rings is 1. The first kappa shape index (κ1) is 17.3. The number of nitrogens with zero attached hydrogens (tertiary/aromatic N) is 2. The molecule has 1 aromatic rings. The van der Waals surface area contributed by atoms with E-state index in [4.69, 9.17) is 9.84 Å². The van der Waals surface area contributed by atoms with Gasteiger partial charge in [0.1, 0.15) is 6.61 Å². The van der Waals surface area contributed by atoms with Crippen LogP contribution in [0.4, 0.5) is 4.79 Å². The Bertz CT molecular complexity index is 521. The normalized spacial score (nSPS) is 18.0. The smallest absolute Gasteiger partial charge is 0.410 e. The lowest BCUT2D eigenvalue weighted by Crippen LogP contribution is -2.51. The monoisotopic (exact) mass is 320 g/mol. The molecule has 23 heavy (non-hydrogen) atoms. The zero-order valence-electron chi connectivity index (χ0n) is 13.5. The molecule has 1 aliphatic rings. The van der Waals surface area contributed by atoms with Crippen LogP contribution < -0.4 is 0 Å². The molecule has 1 N–H and O–H groups in total. The van der Waals surface area contributed by atoms with Gasteiger partial charge in [-0.15, -0.1) is 0 Å². The summed E-state index contributed by atoms with van der Waals surface area (Å²) in [6.45, 7) is 4.05. The van der Waals surface area contributed by atoms with Gasteiger partial charge in [-0.25, -0.2) is 4.79 Å². The quantitative estimate of drug-likeness (QED) is 0.870. The number of rotatable bonds is 6. The maximum Gasteiger partial charge on any atom is 0.410 e. The number of ether oxygens (including phenoxy) is 1. The first-order valence-electron chi connectivity index (χ1n) is 8.01. The third kappa shape index (κ3) is 5.25. The molecule has 126 valence electrons. The second-order valence-electron chi connectivity index (χ2n) is 5.74. The molecule has 1 amide bonds. The van der Waals surface area contributed by atoms with Gasteiger partial charge in [-0.2, -0.15) is 0 Å². The third-order valence-corrected chi connectivity index (χ3v) is 4.12. The zero-order chi connectivity index (χ0) is 16.7. The Hall–Kier alpha value is -2.08. The van der Waals surface area contributed by atoms with Crippen molar-refractivity contribution in [2.24, 2.45) is 0 Å². The number of hydrogen-bond acceptors (Lipinski definition) is 4. The Kier molecular flexibility index (Phi) is 6.40. The van der Waals surface area contributed by atoms with Crippen LogP contribution >= 0.6 is 0 Å². The van der Waals surface area contributed by atoms with Crippen LogP contribution in [0.1, 0.15) is 25.3 Å². The highest BCUT2D eigenvalue weighted by atomic mass is 16.6. The topological polar surface area (TPSA) is 70.1 Å². The minimum atomic E-state index is -0.837. The van der Waals surface area contributed by atoms with Crippen LogP contribution in [0.2, 0.25) is 0 Å². The van der Waals surface area contributed by atoms with Gasteiger partial charge in [0, 0.05) is 19.1 Å². The number of likely N-dealkylation sites (N-methyl/N-ethyl adjacent to an activating group) is 1. The van der Waals surface area contributed by atoms with Gasteiger partial charge >= 0.3 is 12.1 Å². The molecule has 0 bridgehead atoms. The summed E-state index contributed by atoms with van der Waals surface area (Å²) in [4.78, 5) is 26.7. The second kappa shape index (κ2) is 8.53. The fourth-order valence-corrected chi connectivity index (χ4v) is 2.90. The van der Waals surface area contributed by atoms with E-state index in [0.717, 1.165) is 18.4 Å². The fourth-order valence-electron chi connectivity index (χ4n) is 2.90. The van der Waals surface area contributed by atoms with Gasteiger partial charge in [-0.05, 0) is 24.9 Å². The van der Waals surface area contributed by atoms with Gasteiger partial charge in [0.15, 0.2) is 0 Å². The van der Waals surface area contributed by atoms with E-state index in [9.17, 15) is 9.59 Å². The van der Waals surface area contributed by atoms with Gasteiger partial charge in [0.05, 0.1) is 6.54 Å². The molecule has 2 rings (SSSR count). The summed E-state index contributed by atoms with van der Waals surface area (Å²) >= 11 is 0. The third-order valence-electron chi connectivity index (χ3n) is 4.12. The van der Waals surface area contributed by atoms with E-state index in [1.165, 1.54) is 0 Å². The maximum absolute atomic E-state index is 12.2. The average Bonchev–Trinajstić information content (AvgIpc) is 2.58. The Balaban J connectivity index is 1.87. The van der Waals surface area contributed by atoms with Crippen molar-refractivity contribution in [2.75, 3.05) is 26.2 Å². The Labute approximate surface area is 136 Å². The van der Waals surface area contributed by atoms with Crippen LogP contribution in [0, 0.1) is 0 Å². The highest BCUT2D eigenvalue weighted by Gasteiger charge is 2.28. The molecular weight excluding hydrogens is 296 g/mol. The van der Waals surface area contributed by atoms with Crippen molar-refractivity contribution in [1.82, 2.24) is 9.80 Å². The molecule has 0 unspecified atom stereocenters. The molecule has 6 heteroatoms. The van der Waals surface area contributed by atoms with E-state index >= 15 is 0 Å². The highest BCUT2D eigenvalue weighted by molar-refractivity contribution is 5.69. The van der Waals surface area contributed by atoms with E-state index < -0.39 is 5.97 Å². The molecule has 1 heterocycles. The minimum Gasteiger partial charge on any atom is -0.480 e. The summed E-state index contributed by atoms with van der Waals surface area (Å²) < 4.78 is 5.36. The van der Waals surface area contributed by atoms with Gasteiger partial charge in [-0.3, -0.25) is 9.69 Å². The predicted molar refractivity (Wildman–Crippen MR) is 86.1 cm³/mol. The van der Waals surface area contributed by atoms with Crippen molar-refractivity contribution in [3.05, 3.63) is 35.9 Å². The molecule has 1 fully saturated rings. The van der Waals surface area contributed by atoms with Gasteiger partial charge < -0.3 is 14.7 Å². The first-order valence-corrected chi connectivity index (χ1v) is 8.01. The summed E-state index contributed by atoms with van der Waals surface area (Å²) in [5.74, 6) is -0.837. The Morgan fingerprint density at radius 3 is 2.74 bits per heavy atom. The van der Waals surface area contributed by atoms with Crippen molar-refractivity contribution >= 4 is 12.1 Å². The van der Waals surface area contributed by atoms with Crippen molar-refractivity contribution in [1.29, 1.82) is 0 Å². The van der Waals surface area contributed by atoms with E-state index in [-0.39, 0.29) is 25.3 Å². The minimum absolute atomic E-state index is 0.00801. The van der Waals surface area contributed by atoms with Crippen LogP contribution in [0.25, 0.3) is 0 Å². The number of aliphatic carboxylic acids is 1. The lowest BCUT2D eigenvalue weighted by atomic mass is 10.0. The molecule has 0 radical (unpaired) electrons. The molecule has 1 aliphatic heterocycles. The van der Waals surface area contributed by atoms with Crippen LogP contribution in [0.5, 0.6) is 0 Å². The van der Waals surface area contributed by atoms with Gasteiger partial charge in [0.2, 0.25) is 0 Å². The van der Waals surface area contributed by atoms with E-state index in [2.05, 4.69) is 0 Å². The lowest BCUT2D eigenvalue weighted by molar-refractivity contribution is -0.139. The van der Waals surface area contributed by atoms with Crippen LogP contribution in [-0.4, -0.2) is 59.2 Å². The summed E-state index contributed by atoms with van der Waals surface area (Å²) in [7, 11) is 0. The van der Waals surface area contributed by atoms with Crippen molar-refractivity contribution in [3.8, 4) is 0 Å². The summed E-state index contributed by atoms with van der Waals surface area (Å²) in [5.41, 5.74) is 0.954. The zero-order valence-corrected chi connectivity index (χ0v) is 13.5. The predicted octanol–water partition coefficient (Wildman–Crippen LogP) is 2.19. The molecule has 0 spiro atoms. The fraction of sp³-hybridized carbons (Fsp3) is 0.529. The number of carboxylic acid groups (broad SMARTS) is 1. The SMILES string of the molecule is CCN(CC(=O)O)[C@@H]1CCCN(C(=O)OCc2ccccc2)C1. The Morgan fingerprint density at radius 2 is 2.09 bits per heavy atom. The largest absolute Gasteiger partial charge is 0.480 e. The van der Waals surface area contributed by atoms with Gasteiger partial charge in [0.25, 0.3) is 0 Å². The number of hydrogen-bond donors (Lipinski definition) is 1. The van der Waals surface area contributed by atoms with Crippen molar-refractivity contribution in [2.45, 2.75) is 32.4 Å². The second-order valence-corrected chi connectivity index (χ2v) is 5.74. The molecule has 1 aromatic carbocycles. The summed E-state index contributed by atoms with van der Waals surface area (Å²) in [6.07, 6.45) is 1.44. The number of amides is 1. The highest BCUT2D eigenvalue weighted by Crippen LogP contribution is 2.17. The summed E-state index contributed by atoms with van der Waals surface area (Å²) in [5, 5.41) is 8.98. The van der Waals surface area contributed by atoms with Crippen LogP contribution in [0.15, 0.2) is 30.3 Å². The molecule has 0 saturated carbocycles. The summed E-state index contributed by atoms with van der Waals surface area (Å²) in [6, 6.07) is 9.64. The van der Waals surface area contributed by atoms with E-state index in [0.29, 0.717) is 19.6 Å². The molecule has 1 atom stereocenters. The Morgan fingerprint density at radius 1 is 1.35 bits per heavy atom. The number of carbonyl (C=O) groups is 2. The van der Waals surface area contributed by atoms with E-state index in [1.807, 2.05) is 42.2 Å². The van der Waals surface area contributed by atoms with Gasteiger partial charge in [-0.1, -0.05) is 37.3 Å². The molecule has 6 nitrogen and oxygen atoms in total. The van der Waals surface area contributed by atoms with Crippen molar-refractivity contribution in [3.63, 3.8) is 0 Å². The average molecular weight is 320 g/mol. The van der Waals surface area contributed by atoms with E-state index in [1.54, 1.807) is 4.90 Å². The van der Waals surface area contributed by atoms with Crippen LogP contribution in [-0.2, 0) is 16.1 Å². The standard InChI is InChI=1S/C17H24N2O4/c1-2-18(12-16(20)21)15-9-6-10-19(11-15)17(22)23-13-14-7-4-3-5-8-14/h3-5,7-8,15H,2,6,9-13H2,1H3,(H,20,21)/t15-/m1/s1. The number of benzene rings is 1. The number of carboxylic acids is 1. The number of likely N-dealkylation sites (tertiary alicyclic amines) is 1. The van der Waals surface area contributed by atoms with Crippen molar-refractivity contribution < 1.29 is 19.4 Å². The molecular formula is C17H24N2O4. The molecule has 0 aromatic heterocycles. The lowest BCUT2D eigenvalue weighted by Gasteiger charge is -2.37. The maximum atomic E-state index is 12.2. The van der Waals surface area contributed by atoms with Crippen LogP contribution in [0.3, 0.4) is 0 Å².